The van der Waals surface area contributed by atoms with Gasteiger partial charge in [0.2, 0.25) is 0 Å². The molecule has 0 unspecified atom stereocenters. The van der Waals surface area contributed by atoms with Crippen molar-refractivity contribution in [3.63, 3.8) is 0 Å². The minimum absolute atomic E-state index is 0.264. The maximum Gasteiger partial charge on any atom is 0.139 e. The van der Waals surface area contributed by atoms with Gasteiger partial charge in [-0.2, -0.15) is 0 Å². The molecule has 1 saturated carbocycles. The smallest absolute Gasteiger partial charge is 0.139 e. The first-order valence-corrected chi connectivity index (χ1v) is 8.92. The largest absolute Gasteiger partial charge is 0.328 e. The molecule has 1 aliphatic carbocycles. The Kier molecular flexibility index (Phi) is 4.85. The molecule has 0 saturated heterocycles. The maximum atomic E-state index is 13.7. The molecule has 1 fully saturated rings. The van der Waals surface area contributed by atoms with Gasteiger partial charge in [-0.05, 0) is 34.3 Å². The summed E-state index contributed by atoms with van der Waals surface area (Å²) in [6.07, 6.45) is 7.31. The zero-order chi connectivity index (χ0) is 14.8. The lowest BCUT2D eigenvalue weighted by Crippen LogP contribution is -2.08. The summed E-state index contributed by atoms with van der Waals surface area (Å²) >= 11 is 9.16. The highest BCUT2D eigenvalue weighted by atomic mass is 79.9. The molecule has 1 aromatic heterocycles. The molecule has 114 valence electrons. The van der Waals surface area contributed by atoms with Gasteiger partial charge in [0.25, 0.3) is 0 Å². The monoisotopic (exact) mass is 372 g/mol. The molecule has 2 aromatic rings. The number of hydrogen-bond acceptors (Lipinski definition) is 1. The van der Waals surface area contributed by atoms with Crippen LogP contribution in [0.2, 0.25) is 0 Å². The van der Waals surface area contributed by atoms with Crippen molar-refractivity contribution < 1.29 is 4.39 Å². The van der Waals surface area contributed by atoms with E-state index in [1.165, 1.54) is 38.2 Å². The Balaban J connectivity index is 1.92. The van der Waals surface area contributed by atoms with Crippen molar-refractivity contribution in [1.29, 1.82) is 0 Å². The molecule has 3 rings (SSSR count). The van der Waals surface area contributed by atoms with Gasteiger partial charge in [0.15, 0.2) is 0 Å². The van der Waals surface area contributed by atoms with Crippen LogP contribution in [0.25, 0.3) is 11.0 Å². The van der Waals surface area contributed by atoms with Crippen LogP contribution in [0.3, 0.4) is 0 Å². The first kappa shape index (κ1) is 15.3. The van der Waals surface area contributed by atoms with E-state index in [1.807, 2.05) is 6.07 Å². The van der Waals surface area contributed by atoms with Crippen LogP contribution < -0.4 is 0 Å². The number of hydrogen-bond donors (Lipinski definition) is 0. The van der Waals surface area contributed by atoms with Gasteiger partial charge >= 0.3 is 0 Å². The van der Waals surface area contributed by atoms with Gasteiger partial charge in [0.05, 0.1) is 15.5 Å². The molecule has 0 bridgehead atoms. The summed E-state index contributed by atoms with van der Waals surface area (Å²) in [7, 11) is 0. The van der Waals surface area contributed by atoms with Gasteiger partial charge in [-0.25, -0.2) is 9.37 Å². The van der Waals surface area contributed by atoms with Crippen molar-refractivity contribution in [3.8, 4) is 0 Å². The standard InChI is InChI=1S/C16H19BrClFN2/c17-12-9-15-14(10-13(12)19)20-16(5-7-18)21(15)8-6-11-3-1-2-4-11/h9-11H,1-8H2. The highest BCUT2D eigenvalue weighted by molar-refractivity contribution is 9.10. The first-order chi connectivity index (χ1) is 10.2. The lowest BCUT2D eigenvalue weighted by molar-refractivity contribution is 0.457. The number of nitrogens with zero attached hydrogens (tertiary/aromatic N) is 2. The normalized spacial score (nSPS) is 16.1. The van der Waals surface area contributed by atoms with E-state index in [9.17, 15) is 4.39 Å². The molecule has 0 radical (unpaired) electrons. The Bertz CT molecular complexity index is 635. The van der Waals surface area contributed by atoms with Gasteiger partial charge in [-0.1, -0.05) is 25.7 Å². The minimum Gasteiger partial charge on any atom is -0.328 e. The predicted molar refractivity (Wildman–Crippen MR) is 88.4 cm³/mol. The Morgan fingerprint density at radius 2 is 2.10 bits per heavy atom. The van der Waals surface area contributed by atoms with E-state index in [0.29, 0.717) is 10.4 Å². The molecule has 1 heterocycles. The summed E-state index contributed by atoms with van der Waals surface area (Å²) in [6.45, 7) is 0.950. The maximum absolute atomic E-state index is 13.7. The minimum atomic E-state index is -0.264. The fraction of sp³-hybridized carbons (Fsp3) is 0.562. The van der Waals surface area contributed by atoms with Crippen LogP contribution in [0.4, 0.5) is 4.39 Å². The Hall–Kier alpha value is -0.610. The number of imidazole rings is 1. The molecular formula is C16H19BrClFN2. The third kappa shape index (κ3) is 3.26. The number of benzene rings is 1. The third-order valence-corrected chi connectivity index (χ3v) is 5.22. The molecule has 0 amide bonds. The zero-order valence-electron chi connectivity index (χ0n) is 11.9. The van der Waals surface area contributed by atoms with E-state index in [0.717, 1.165) is 35.7 Å². The lowest BCUT2D eigenvalue weighted by atomic mass is 10.0. The molecule has 1 aromatic carbocycles. The van der Waals surface area contributed by atoms with Crippen LogP contribution in [0.5, 0.6) is 0 Å². The summed E-state index contributed by atoms with van der Waals surface area (Å²) in [6, 6.07) is 3.34. The number of rotatable bonds is 5. The van der Waals surface area contributed by atoms with Crippen LogP contribution in [0.1, 0.15) is 37.9 Å². The van der Waals surface area contributed by atoms with E-state index in [4.69, 9.17) is 11.6 Å². The van der Waals surface area contributed by atoms with E-state index in [-0.39, 0.29) is 5.82 Å². The topological polar surface area (TPSA) is 17.8 Å². The third-order valence-electron chi connectivity index (χ3n) is 4.42. The van der Waals surface area contributed by atoms with Gasteiger partial charge in [-0.3, -0.25) is 0 Å². The van der Waals surface area contributed by atoms with Crippen LogP contribution in [-0.2, 0) is 13.0 Å². The highest BCUT2D eigenvalue weighted by Gasteiger charge is 2.17. The SMILES string of the molecule is Fc1cc2nc(CCCl)n(CCC3CCCC3)c2cc1Br. The molecule has 21 heavy (non-hydrogen) atoms. The molecule has 0 atom stereocenters. The van der Waals surface area contributed by atoms with Crippen LogP contribution in [0, 0.1) is 11.7 Å². The Labute approximate surface area is 137 Å². The average Bonchev–Trinajstić information content (AvgIpc) is 3.06. The van der Waals surface area contributed by atoms with E-state index < -0.39 is 0 Å². The summed E-state index contributed by atoms with van der Waals surface area (Å²) in [5.41, 5.74) is 1.73. The van der Waals surface area contributed by atoms with E-state index in [2.05, 4.69) is 25.5 Å². The Morgan fingerprint density at radius 3 is 2.81 bits per heavy atom. The van der Waals surface area contributed by atoms with E-state index >= 15 is 0 Å². The number of alkyl halides is 1. The molecule has 0 aliphatic heterocycles. The number of aromatic nitrogens is 2. The first-order valence-electron chi connectivity index (χ1n) is 7.59. The molecule has 2 nitrogen and oxygen atoms in total. The number of aryl methyl sites for hydroxylation is 2. The summed E-state index contributed by atoms with van der Waals surface area (Å²) < 4.78 is 16.4. The van der Waals surface area contributed by atoms with Gasteiger partial charge in [0, 0.05) is 24.9 Å². The van der Waals surface area contributed by atoms with Crippen molar-refractivity contribution in [2.45, 2.75) is 45.1 Å². The predicted octanol–water partition coefficient (Wildman–Crippen LogP) is 5.30. The molecule has 5 heteroatoms. The quantitative estimate of drug-likeness (QED) is 0.650. The van der Waals surface area contributed by atoms with E-state index in [1.54, 1.807) is 0 Å². The van der Waals surface area contributed by atoms with Crippen molar-refractivity contribution in [1.82, 2.24) is 9.55 Å². The summed E-state index contributed by atoms with van der Waals surface area (Å²) in [5, 5.41) is 0. The fourth-order valence-corrected chi connectivity index (χ4v) is 3.81. The van der Waals surface area contributed by atoms with Crippen molar-refractivity contribution in [2.75, 3.05) is 5.88 Å². The fourth-order valence-electron chi connectivity index (χ4n) is 3.31. The molecular weight excluding hydrogens is 355 g/mol. The van der Waals surface area contributed by atoms with Crippen LogP contribution in [0.15, 0.2) is 16.6 Å². The van der Waals surface area contributed by atoms with Crippen molar-refractivity contribution in [3.05, 3.63) is 28.2 Å². The second kappa shape index (κ2) is 6.66. The van der Waals surface area contributed by atoms with Crippen molar-refractivity contribution >= 4 is 38.6 Å². The highest BCUT2D eigenvalue weighted by Crippen LogP contribution is 2.30. The zero-order valence-corrected chi connectivity index (χ0v) is 14.3. The average molecular weight is 374 g/mol. The second-order valence-electron chi connectivity index (χ2n) is 5.81. The van der Waals surface area contributed by atoms with Crippen molar-refractivity contribution in [2.24, 2.45) is 5.92 Å². The van der Waals surface area contributed by atoms with Crippen LogP contribution >= 0.6 is 27.5 Å². The Morgan fingerprint density at radius 1 is 1.33 bits per heavy atom. The number of fused-ring (bicyclic) bond motifs is 1. The number of halogens is 3. The molecule has 0 spiro atoms. The summed E-state index contributed by atoms with van der Waals surface area (Å²) in [5.74, 6) is 2.07. The van der Waals surface area contributed by atoms with Gasteiger partial charge < -0.3 is 4.57 Å². The molecule has 1 aliphatic rings. The lowest BCUT2D eigenvalue weighted by Gasteiger charge is -2.12. The van der Waals surface area contributed by atoms with Gasteiger partial charge in [-0.15, -0.1) is 11.6 Å². The summed E-state index contributed by atoms with van der Waals surface area (Å²) in [4.78, 5) is 4.57. The molecule has 0 N–H and O–H groups in total. The van der Waals surface area contributed by atoms with Gasteiger partial charge in [0.1, 0.15) is 11.6 Å². The van der Waals surface area contributed by atoms with Crippen LogP contribution in [-0.4, -0.2) is 15.4 Å². The second-order valence-corrected chi connectivity index (χ2v) is 7.05.